The Kier molecular flexibility index (Phi) is 2.89. The third-order valence-corrected chi connectivity index (χ3v) is 3.35. The molecule has 1 fully saturated rings. The van der Waals surface area contributed by atoms with Crippen LogP contribution in [0, 0.1) is 5.92 Å². The number of carbonyl (C=O) groups excluding carboxylic acids is 1. The van der Waals surface area contributed by atoms with Crippen LogP contribution in [0.4, 0.5) is 0 Å². The van der Waals surface area contributed by atoms with Gasteiger partial charge in [-0.1, -0.05) is 11.6 Å². The molecule has 0 unspecified atom stereocenters. The molecule has 1 aromatic heterocycles. The first-order valence-corrected chi connectivity index (χ1v) is 5.80. The second kappa shape index (κ2) is 4.06. The van der Waals surface area contributed by atoms with Crippen LogP contribution in [0.3, 0.4) is 0 Å². The molecule has 0 aromatic carbocycles. The minimum atomic E-state index is -0.149. The number of hydrogen-bond acceptors (Lipinski definition) is 2. The zero-order valence-corrected chi connectivity index (χ0v) is 10.2. The van der Waals surface area contributed by atoms with Gasteiger partial charge in [0.2, 0.25) is 0 Å². The number of aromatic nitrogens is 1. The molecule has 1 aliphatic rings. The third kappa shape index (κ3) is 2.35. The van der Waals surface area contributed by atoms with Gasteiger partial charge in [0, 0.05) is 17.9 Å². The van der Waals surface area contributed by atoms with Crippen molar-refractivity contribution in [2.45, 2.75) is 32.2 Å². The maximum Gasteiger partial charge on any atom is 0.253 e. The number of hydrogen-bond donors (Lipinski definition) is 1. The first-order chi connectivity index (χ1) is 7.50. The molecule has 0 aliphatic heterocycles. The van der Waals surface area contributed by atoms with E-state index in [4.69, 9.17) is 11.6 Å². The summed E-state index contributed by atoms with van der Waals surface area (Å²) in [4.78, 5) is 15.8. The van der Waals surface area contributed by atoms with Gasteiger partial charge in [-0.2, -0.15) is 0 Å². The van der Waals surface area contributed by atoms with Crippen molar-refractivity contribution >= 4 is 17.5 Å². The second-order valence-electron chi connectivity index (χ2n) is 4.81. The maximum atomic E-state index is 12.0. The molecule has 1 N–H and O–H groups in total. The number of rotatable bonds is 3. The van der Waals surface area contributed by atoms with Crippen molar-refractivity contribution in [2.24, 2.45) is 5.92 Å². The van der Waals surface area contributed by atoms with Crippen LogP contribution in [-0.2, 0) is 0 Å². The van der Waals surface area contributed by atoms with Crippen LogP contribution in [0.5, 0.6) is 0 Å². The zero-order chi connectivity index (χ0) is 11.8. The van der Waals surface area contributed by atoms with Crippen molar-refractivity contribution < 1.29 is 4.79 Å². The minimum Gasteiger partial charge on any atom is -0.347 e. The molecular formula is C12H15ClN2O. The molecule has 0 saturated heterocycles. The highest BCUT2D eigenvalue weighted by Gasteiger charge is 2.38. The molecule has 0 spiro atoms. The average molecular weight is 239 g/mol. The van der Waals surface area contributed by atoms with Crippen LogP contribution in [0.15, 0.2) is 18.5 Å². The summed E-state index contributed by atoms with van der Waals surface area (Å²) in [6, 6.07) is 1.64. The average Bonchev–Trinajstić information content (AvgIpc) is 3.00. The predicted molar refractivity (Wildman–Crippen MR) is 63.5 cm³/mol. The smallest absolute Gasteiger partial charge is 0.253 e. The number of carbonyl (C=O) groups is 1. The molecule has 1 amide bonds. The van der Waals surface area contributed by atoms with Gasteiger partial charge in [-0.15, -0.1) is 0 Å². The van der Waals surface area contributed by atoms with Gasteiger partial charge >= 0.3 is 0 Å². The highest BCUT2D eigenvalue weighted by Crippen LogP contribution is 2.39. The summed E-state index contributed by atoms with van der Waals surface area (Å²) < 4.78 is 0. The second-order valence-corrected chi connectivity index (χ2v) is 5.21. The van der Waals surface area contributed by atoms with E-state index in [1.165, 1.54) is 19.0 Å². The number of nitrogens with zero attached hydrogens (tertiary/aromatic N) is 1. The summed E-state index contributed by atoms with van der Waals surface area (Å²) in [6.45, 7) is 4.11. The Hall–Kier alpha value is -1.09. The lowest BCUT2D eigenvalue weighted by Gasteiger charge is -2.26. The molecule has 1 aromatic rings. The maximum absolute atomic E-state index is 12.0. The molecule has 0 radical (unpaired) electrons. The van der Waals surface area contributed by atoms with Gasteiger partial charge < -0.3 is 5.32 Å². The monoisotopic (exact) mass is 238 g/mol. The number of pyridine rings is 1. The van der Waals surface area contributed by atoms with Crippen molar-refractivity contribution in [3.8, 4) is 0 Å². The van der Waals surface area contributed by atoms with E-state index in [2.05, 4.69) is 24.1 Å². The van der Waals surface area contributed by atoms with E-state index in [-0.39, 0.29) is 11.4 Å². The molecule has 2 rings (SSSR count). The SMILES string of the molecule is CC(C)(NC(=O)c1ccncc1Cl)C1CC1. The Morgan fingerprint density at radius 2 is 2.25 bits per heavy atom. The predicted octanol–water partition coefficient (Wildman–Crippen LogP) is 2.65. The number of amides is 1. The Labute approximate surface area is 100 Å². The molecule has 0 atom stereocenters. The van der Waals surface area contributed by atoms with E-state index in [1.807, 2.05) is 0 Å². The highest BCUT2D eigenvalue weighted by atomic mass is 35.5. The lowest BCUT2D eigenvalue weighted by Crippen LogP contribution is -2.45. The molecule has 1 heterocycles. The van der Waals surface area contributed by atoms with Crippen molar-refractivity contribution in [1.29, 1.82) is 0 Å². The summed E-state index contributed by atoms with van der Waals surface area (Å²) >= 11 is 5.92. The fraction of sp³-hybridized carbons (Fsp3) is 0.500. The first kappa shape index (κ1) is 11.4. The summed E-state index contributed by atoms with van der Waals surface area (Å²) in [5.74, 6) is 0.473. The van der Waals surface area contributed by atoms with Crippen LogP contribution in [0.2, 0.25) is 5.02 Å². The van der Waals surface area contributed by atoms with Crippen molar-refractivity contribution in [3.05, 3.63) is 29.0 Å². The molecule has 3 nitrogen and oxygen atoms in total. The molecule has 1 saturated carbocycles. The molecule has 1 aliphatic carbocycles. The fourth-order valence-electron chi connectivity index (χ4n) is 1.83. The first-order valence-electron chi connectivity index (χ1n) is 5.43. The number of halogens is 1. The summed E-state index contributed by atoms with van der Waals surface area (Å²) in [6.07, 6.45) is 5.44. The van der Waals surface area contributed by atoms with Gasteiger partial charge in [-0.05, 0) is 38.7 Å². The van der Waals surface area contributed by atoms with Crippen molar-refractivity contribution in [1.82, 2.24) is 10.3 Å². The van der Waals surface area contributed by atoms with Crippen molar-refractivity contribution in [2.75, 3.05) is 0 Å². The van der Waals surface area contributed by atoms with Crippen LogP contribution in [0.1, 0.15) is 37.0 Å². The van der Waals surface area contributed by atoms with E-state index in [9.17, 15) is 4.79 Å². The van der Waals surface area contributed by atoms with E-state index in [1.54, 1.807) is 12.3 Å². The van der Waals surface area contributed by atoms with Crippen LogP contribution in [0.25, 0.3) is 0 Å². The quantitative estimate of drug-likeness (QED) is 0.880. The lowest BCUT2D eigenvalue weighted by molar-refractivity contribution is 0.0903. The lowest BCUT2D eigenvalue weighted by atomic mass is 9.98. The van der Waals surface area contributed by atoms with Gasteiger partial charge in [0.1, 0.15) is 0 Å². The summed E-state index contributed by atoms with van der Waals surface area (Å²) in [5.41, 5.74) is 0.342. The van der Waals surface area contributed by atoms with Crippen molar-refractivity contribution in [3.63, 3.8) is 0 Å². The van der Waals surface area contributed by atoms with E-state index in [0.29, 0.717) is 16.5 Å². The summed E-state index contributed by atoms with van der Waals surface area (Å²) in [5, 5.41) is 3.42. The van der Waals surface area contributed by atoms with Gasteiger partial charge in [0.25, 0.3) is 5.91 Å². The normalized spacial score (nSPS) is 15.9. The van der Waals surface area contributed by atoms with Gasteiger partial charge in [-0.3, -0.25) is 9.78 Å². The van der Waals surface area contributed by atoms with Gasteiger partial charge in [-0.25, -0.2) is 0 Å². The van der Waals surface area contributed by atoms with E-state index in [0.717, 1.165) is 0 Å². The molecular weight excluding hydrogens is 224 g/mol. The minimum absolute atomic E-state index is 0.121. The topological polar surface area (TPSA) is 42.0 Å². The van der Waals surface area contributed by atoms with Crippen LogP contribution < -0.4 is 5.32 Å². The van der Waals surface area contributed by atoms with Crippen LogP contribution in [-0.4, -0.2) is 16.4 Å². The Morgan fingerprint density at radius 3 is 2.81 bits per heavy atom. The van der Waals surface area contributed by atoms with Gasteiger partial charge in [0.05, 0.1) is 10.6 Å². The van der Waals surface area contributed by atoms with E-state index < -0.39 is 0 Å². The highest BCUT2D eigenvalue weighted by molar-refractivity contribution is 6.33. The molecule has 86 valence electrons. The Bertz CT molecular complexity index is 413. The molecule has 0 bridgehead atoms. The Morgan fingerprint density at radius 1 is 1.56 bits per heavy atom. The van der Waals surface area contributed by atoms with Gasteiger partial charge in [0.15, 0.2) is 0 Å². The Balaban J connectivity index is 2.11. The molecule has 16 heavy (non-hydrogen) atoms. The summed E-state index contributed by atoms with van der Waals surface area (Å²) in [7, 11) is 0. The standard InChI is InChI=1S/C12H15ClN2O/c1-12(2,8-3-4-8)15-11(16)9-5-6-14-7-10(9)13/h5-8H,3-4H2,1-2H3,(H,15,16). The molecule has 4 heteroatoms. The zero-order valence-electron chi connectivity index (χ0n) is 9.46. The fourth-order valence-corrected chi connectivity index (χ4v) is 2.03. The van der Waals surface area contributed by atoms with E-state index >= 15 is 0 Å². The van der Waals surface area contributed by atoms with Crippen LogP contribution >= 0.6 is 11.6 Å². The largest absolute Gasteiger partial charge is 0.347 e. The third-order valence-electron chi connectivity index (χ3n) is 3.05. The number of nitrogens with one attached hydrogen (secondary N) is 1.